The molecular weight excluding hydrogens is 564 g/mol. The lowest BCUT2D eigenvalue weighted by molar-refractivity contribution is 0.948. The van der Waals surface area contributed by atoms with Crippen LogP contribution in [-0.4, -0.2) is 32.8 Å². The van der Waals surface area contributed by atoms with Crippen molar-refractivity contribution >= 4 is 50.0 Å². The Bertz CT molecular complexity index is 2540. The molecule has 6 nitrogen and oxygen atoms in total. The summed E-state index contributed by atoms with van der Waals surface area (Å²) >= 11 is 0. The third-order valence-electron chi connectivity index (χ3n) is 9.94. The molecule has 0 bridgehead atoms. The van der Waals surface area contributed by atoms with Gasteiger partial charge in [-0.3, -0.25) is 4.57 Å². The summed E-state index contributed by atoms with van der Waals surface area (Å²) in [5.74, 6) is 0.955. The molecule has 0 fully saturated rings. The molecule has 0 amide bonds. The Morgan fingerprint density at radius 2 is 1.48 bits per heavy atom. The van der Waals surface area contributed by atoms with E-state index in [2.05, 4.69) is 148 Å². The molecule has 1 aliphatic heterocycles. The van der Waals surface area contributed by atoms with Crippen molar-refractivity contribution < 1.29 is 0 Å². The molecule has 0 atom stereocenters. The molecule has 0 saturated heterocycles. The summed E-state index contributed by atoms with van der Waals surface area (Å²) in [6, 6.07) is 41.4. The van der Waals surface area contributed by atoms with Gasteiger partial charge in [0.2, 0.25) is 0 Å². The van der Waals surface area contributed by atoms with Gasteiger partial charge < -0.3 is 14.4 Å². The zero-order valence-electron chi connectivity index (χ0n) is 25.6. The largest absolute Gasteiger partial charge is 0.355 e. The van der Waals surface area contributed by atoms with Crippen LogP contribution in [0.3, 0.4) is 0 Å². The number of aromatic nitrogens is 4. The van der Waals surface area contributed by atoms with Crippen molar-refractivity contribution in [3.05, 3.63) is 133 Å². The van der Waals surface area contributed by atoms with Gasteiger partial charge in [0, 0.05) is 53.6 Å². The molecule has 0 saturated carbocycles. The standard InChI is InChI=1S/C40H30N6/c1-43-24-45(36-17-8-7-16-35(36)43)27-11-9-12-28(22-27)46-37-21-26(39-42-33-14-5-6-15-34(33)44(39)2)18-19-30(37)38-31-20-25-10-3-4-13-29(25)32(31)23-41-40(38)46/h3-19,21-23H,20,24H2,1-2H3. The molecule has 2 aliphatic rings. The number of fused-ring (bicyclic) bond motifs is 9. The molecule has 0 radical (unpaired) electrons. The second-order valence-electron chi connectivity index (χ2n) is 12.5. The fourth-order valence-corrected chi connectivity index (χ4v) is 7.78. The number of hydrogen-bond acceptors (Lipinski definition) is 4. The maximum atomic E-state index is 5.22. The highest BCUT2D eigenvalue weighted by Crippen LogP contribution is 2.45. The predicted octanol–water partition coefficient (Wildman–Crippen LogP) is 8.85. The van der Waals surface area contributed by atoms with Crippen LogP contribution in [0.1, 0.15) is 11.1 Å². The lowest BCUT2D eigenvalue weighted by atomic mass is 10.0. The molecule has 0 spiro atoms. The summed E-state index contributed by atoms with van der Waals surface area (Å²) in [5.41, 5.74) is 15.3. The van der Waals surface area contributed by atoms with Gasteiger partial charge in [0.25, 0.3) is 0 Å². The minimum atomic E-state index is 0.802. The molecule has 4 heterocycles. The topological polar surface area (TPSA) is 42.1 Å². The van der Waals surface area contributed by atoms with E-state index < -0.39 is 0 Å². The van der Waals surface area contributed by atoms with Crippen LogP contribution in [0.4, 0.5) is 17.1 Å². The predicted molar refractivity (Wildman–Crippen MR) is 188 cm³/mol. The first-order valence-corrected chi connectivity index (χ1v) is 15.8. The number of para-hydroxylation sites is 4. The lowest BCUT2D eigenvalue weighted by Crippen LogP contribution is -2.24. The van der Waals surface area contributed by atoms with Crippen molar-refractivity contribution in [2.75, 3.05) is 23.5 Å². The first-order valence-electron chi connectivity index (χ1n) is 15.8. The van der Waals surface area contributed by atoms with Gasteiger partial charge >= 0.3 is 0 Å². The van der Waals surface area contributed by atoms with Crippen molar-refractivity contribution in [1.29, 1.82) is 0 Å². The number of aryl methyl sites for hydroxylation is 1. The van der Waals surface area contributed by atoms with Crippen molar-refractivity contribution in [3.8, 4) is 28.2 Å². The Morgan fingerprint density at radius 1 is 0.674 bits per heavy atom. The van der Waals surface area contributed by atoms with Crippen LogP contribution >= 0.6 is 0 Å². The van der Waals surface area contributed by atoms with E-state index in [-0.39, 0.29) is 0 Å². The maximum Gasteiger partial charge on any atom is 0.145 e. The Balaban J connectivity index is 1.23. The third-order valence-corrected chi connectivity index (χ3v) is 9.94. The van der Waals surface area contributed by atoms with Crippen molar-refractivity contribution in [2.45, 2.75) is 6.42 Å². The zero-order chi connectivity index (χ0) is 30.5. The normalized spacial score (nSPS) is 13.6. The summed E-state index contributed by atoms with van der Waals surface area (Å²) in [6.45, 7) is 0.802. The van der Waals surface area contributed by atoms with Crippen molar-refractivity contribution in [1.82, 2.24) is 19.1 Å². The van der Waals surface area contributed by atoms with E-state index in [1.807, 2.05) is 6.07 Å². The maximum absolute atomic E-state index is 5.22. The molecule has 220 valence electrons. The summed E-state index contributed by atoms with van der Waals surface area (Å²) < 4.78 is 4.55. The molecule has 5 aromatic carbocycles. The SMILES string of the molecule is CN1CN(c2cccc(-n3c4cc(-c5nc6ccccc6n5C)ccc4c4c5c(cnc43)-c3ccccc3C5)c2)c2ccccc21. The van der Waals surface area contributed by atoms with Gasteiger partial charge in [-0.15, -0.1) is 0 Å². The van der Waals surface area contributed by atoms with Gasteiger partial charge in [-0.2, -0.15) is 0 Å². The lowest BCUT2D eigenvalue weighted by Gasteiger charge is -2.20. The second-order valence-corrected chi connectivity index (χ2v) is 12.5. The summed E-state index contributed by atoms with van der Waals surface area (Å²) in [5, 5.41) is 2.45. The van der Waals surface area contributed by atoms with Gasteiger partial charge in [-0.1, -0.05) is 66.7 Å². The summed E-state index contributed by atoms with van der Waals surface area (Å²) in [7, 11) is 4.26. The van der Waals surface area contributed by atoms with Gasteiger partial charge in [0.15, 0.2) is 0 Å². The van der Waals surface area contributed by atoms with Crippen LogP contribution in [0.25, 0.3) is 61.2 Å². The van der Waals surface area contributed by atoms with E-state index >= 15 is 0 Å². The Kier molecular flexibility index (Phi) is 5.15. The number of nitrogens with zero attached hydrogens (tertiary/aromatic N) is 6. The molecule has 10 rings (SSSR count). The molecule has 6 heteroatoms. The van der Waals surface area contributed by atoms with Crippen LogP contribution in [0.2, 0.25) is 0 Å². The van der Waals surface area contributed by atoms with E-state index in [0.29, 0.717) is 0 Å². The van der Waals surface area contributed by atoms with Crippen molar-refractivity contribution in [3.63, 3.8) is 0 Å². The van der Waals surface area contributed by atoms with Crippen LogP contribution in [0.15, 0.2) is 121 Å². The smallest absolute Gasteiger partial charge is 0.145 e. The van der Waals surface area contributed by atoms with E-state index in [4.69, 9.17) is 9.97 Å². The average molecular weight is 595 g/mol. The number of benzene rings is 5. The van der Waals surface area contributed by atoms with E-state index in [1.165, 1.54) is 44.4 Å². The summed E-state index contributed by atoms with van der Waals surface area (Å²) in [6.07, 6.45) is 2.99. The molecule has 0 unspecified atom stereocenters. The van der Waals surface area contributed by atoms with Gasteiger partial charge in [0.1, 0.15) is 11.5 Å². The molecule has 3 aromatic heterocycles. The molecular formula is C40H30N6. The minimum Gasteiger partial charge on any atom is -0.355 e. The highest BCUT2D eigenvalue weighted by atomic mass is 15.4. The third kappa shape index (κ3) is 3.47. The molecule has 0 N–H and O–H groups in total. The van der Waals surface area contributed by atoms with Crippen LogP contribution in [0, 0.1) is 0 Å². The number of imidazole rings is 1. The van der Waals surface area contributed by atoms with Crippen molar-refractivity contribution in [2.24, 2.45) is 7.05 Å². The van der Waals surface area contributed by atoms with Gasteiger partial charge in [-0.05, 0) is 71.6 Å². The minimum absolute atomic E-state index is 0.802. The van der Waals surface area contributed by atoms with Gasteiger partial charge in [0.05, 0.1) is 34.6 Å². The number of anilines is 3. The summed E-state index contributed by atoms with van der Waals surface area (Å²) in [4.78, 5) is 15.0. The first-order chi connectivity index (χ1) is 22.6. The van der Waals surface area contributed by atoms with E-state index in [1.54, 1.807) is 0 Å². The average Bonchev–Trinajstić information content (AvgIpc) is 3.84. The fourth-order valence-electron chi connectivity index (χ4n) is 7.78. The molecule has 46 heavy (non-hydrogen) atoms. The van der Waals surface area contributed by atoms with E-state index in [9.17, 15) is 0 Å². The Morgan fingerprint density at radius 3 is 2.39 bits per heavy atom. The number of rotatable bonds is 3. The second kappa shape index (κ2) is 9.31. The van der Waals surface area contributed by atoms with Crippen LogP contribution in [-0.2, 0) is 13.5 Å². The van der Waals surface area contributed by atoms with Crippen LogP contribution < -0.4 is 9.80 Å². The Hall–Kier alpha value is -5.88. The van der Waals surface area contributed by atoms with Gasteiger partial charge in [-0.25, -0.2) is 9.97 Å². The number of hydrogen-bond donors (Lipinski definition) is 0. The number of pyridine rings is 1. The molecule has 8 aromatic rings. The fraction of sp³-hybridized carbons (Fsp3) is 0.100. The highest BCUT2D eigenvalue weighted by molar-refractivity contribution is 6.13. The first kappa shape index (κ1) is 25.4. The van der Waals surface area contributed by atoms with Crippen LogP contribution in [0.5, 0.6) is 0 Å². The van der Waals surface area contributed by atoms with E-state index in [0.717, 1.165) is 58.0 Å². The zero-order valence-corrected chi connectivity index (χ0v) is 25.6. The Labute approximate surface area is 266 Å². The highest BCUT2D eigenvalue weighted by Gasteiger charge is 2.27. The quantitative estimate of drug-likeness (QED) is 0.205. The monoisotopic (exact) mass is 594 g/mol. The molecule has 1 aliphatic carbocycles.